The van der Waals surface area contributed by atoms with Crippen LogP contribution in [-0.2, 0) is 9.53 Å². The van der Waals surface area contributed by atoms with Gasteiger partial charge >= 0.3 is 5.97 Å². The number of hydrogen-bond acceptors (Lipinski definition) is 2. The molecule has 70 valence electrons. The van der Waals surface area contributed by atoms with Crippen molar-refractivity contribution in [3.05, 3.63) is 0 Å². The molecule has 0 saturated heterocycles. The predicted molar refractivity (Wildman–Crippen MR) is 48.2 cm³/mol. The lowest BCUT2D eigenvalue weighted by molar-refractivity contribution is -0.149. The van der Waals surface area contributed by atoms with Crippen molar-refractivity contribution >= 4 is 17.6 Å². The van der Waals surface area contributed by atoms with E-state index in [1.165, 1.54) is 0 Å². The Kier molecular flexibility index (Phi) is 2.99. The van der Waals surface area contributed by atoms with E-state index < -0.39 is 0 Å². The van der Waals surface area contributed by atoms with Gasteiger partial charge in [-0.1, -0.05) is 13.3 Å². The Morgan fingerprint density at radius 3 is 2.75 bits per heavy atom. The van der Waals surface area contributed by atoms with Gasteiger partial charge in [0.2, 0.25) is 0 Å². The fourth-order valence-corrected chi connectivity index (χ4v) is 1.41. The molecule has 0 aliphatic heterocycles. The van der Waals surface area contributed by atoms with Crippen LogP contribution in [0.2, 0.25) is 0 Å². The van der Waals surface area contributed by atoms with Gasteiger partial charge in [0.25, 0.3) is 0 Å². The molecule has 2 nitrogen and oxygen atoms in total. The molecule has 1 fully saturated rings. The molecule has 1 aliphatic rings. The molecule has 0 aromatic heterocycles. The largest absolute Gasteiger partial charge is 0.465 e. The minimum absolute atomic E-state index is 0.00775. The Morgan fingerprint density at radius 2 is 2.33 bits per heavy atom. The second-order valence-electron chi connectivity index (χ2n) is 3.58. The zero-order valence-corrected chi connectivity index (χ0v) is 8.36. The van der Waals surface area contributed by atoms with E-state index in [9.17, 15) is 4.79 Å². The molecule has 12 heavy (non-hydrogen) atoms. The monoisotopic (exact) mass is 190 g/mol. The van der Waals surface area contributed by atoms with E-state index in [4.69, 9.17) is 16.3 Å². The van der Waals surface area contributed by atoms with Crippen LogP contribution in [-0.4, -0.2) is 18.0 Å². The van der Waals surface area contributed by atoms with E-state index in [0.29, 0.717) is 6.61 Å². The summed E-state index contributed by atoms with van der Waals surface area (Å²) in [4.78, 5) is 11.3. The molecule has 0 spiro atoms. The van der Waals surface area contributed by atoms with Crippen LogP contribution in [0.1, 0.15) is 33.1 Å². The van der Waals surface area contributed by atoms with Crippen LogP contribution in [0, 0.1) is 5.41 Å². The Bertz CT molecular complexity index is 181. The number of carbonyl (C=O) groups excluding carboxylic acids is 1. The molecular weight excluding hydrogens is 176 g/mol. The van der Waals surface area contributed by atoms with Crippen molar-refractivity contribution in [3.8, 4) is 0 Å². The lowest BCUT2D eigenvalue weighted by Gasteiger charge is -2.08. The van der Waals surface area contributed by atoms with Crippen molar-refractivity contribution in [2.75, 3.05) is 6.61 Å². The molecule has 0 aromatic rings. The van der Waals surface area contributed by atoms with Gasteiger partial charge in [-0.05, 0) is 19.8 Å². The number of carbonyl (C=O) groups is 1. The molecule has 2 atom stereocenters. The predicted octanol–water partition coefficient (Wildman–Crippen LogP) is 2.35. The topological polar surface area (TPSA) is 26.3 Å². The van der Waals surface area contributed by atoms with Crippen LogP contribution in [0.4, 0.5) is 0 Å². The molecular formula is C9H15ClO2. The zero-order valence-electron chi connectivity index (χ0n) is 7.60. The van der Waals surface area contributed by atoms with Crippen LogP contribution in [0.15, 0.2) is 0 Å². The summed E-state index contributed by atoms with van der Waals surface area (Å²) >= 11 is 5.80. The first-order valence-corrected chi connectivity index (χ1v) is 4.86. The number of unbranched alkanes of at least 4 members (excludes halogenated alkanes) is 1. The number of hydrogen-bond donors (Lipinski definition) is 0. The van der Waals surface area contributed by atoms with E-state index in [1.54, 1.807) is 0 Å². The summed E-state index contributed by atoms with van der Waals surface area (Å²) in [7, 11) is 0. The summed E-state index contributed by atoms with van der Waals surface area (Å²) in [5, 5.41) is -0.00775. The van der Waals surface area contributed by atoms with Gasteiger partial charge in [0.05, 0.1) is 17.4 Å². The van der Waals surface area contributed by atoms with Crippen molar-refractivity contribution in [1.29, 1.82) is 0 Å². The Balaban J connectivity index is 2.21. The number of ether oxygens (including phenoxy) is 1. The van der Waals surface area contributed by atoms with Gasteiger partial charge in [0.15, 0.2) is 0 Å². The molecule has 3 heteroatoms. The molecule has 0 amide bonds. The third-order valence-electron chi connectivity index (χ3n) is 2.33. The maximum atomic E-state index is 11.3. The maximum absolute atomic E-state index is 11.3. The number of alkyl halides is 1. The molecule has 1 aliphatic carbocycles. The minimum atomic E-state index is -0.380. The lowest BCUT2D eigenvalue weighted by Crippen LogP contribution is -2.18. The van der Waals surface area contributed by atoms with E-state index in [-0.39, 0.29) is 16.8 Å². The number of esters is 1. The quantitative estimate of drug-likeness (QED) is 0.387. The van der Waals surface area contributed by atoms with Gasteiger partial charge in [0.1, 0.15) is 0 Å². The van der Waals surface area contributed by atoms with Crippen molar-refractivity contribution in [2.45, 2.75) is 38.5 Å². The molecule has 2 unspecified atom stereocenters. The minimum Gasteiger partial charge on any atom is -0.465 e. The second kappa shape index (κ2) is 3.65. The molecule has 0 radical (unpaired) electrons. The van der Waals surface area contributed by atoms with Crippen LogP contribution in [0.25, 0.3) is 0 Å². The molecule has 1 rings (SSSR count). The SMILES string of the molecule is CCCCOC(=O)C1(C)CC1Cl. The highest BCUT2D eigenvalue weighted by molar-refractivity contribution is 6.25. The first-order valence-electron chi connectivity index (χ1n) is 4.42. The van der Waals surface area contributed by atoms with Crippen molar-refractivity contribution in [3.63, 3.8) is 0 Å². The Morgan fingerprint density at radius 1 is 1.75 bits per heavy atom. The summed E-state index contributed by atoms with van der Waals surface area (Å²) in [6, 6.07) is 0. The van der Waals surface area contributed by atoms with Gasteiger partial charge in [-0.25, -0.2) is 0 Å². The maximum Gasteiger partial charge on any atom is 0.313 e. The van der Waals surface area contributed by atoms with E-state index in [1.807, 2.05) is 6.92 Å². The number of halogens is 1. The third-order valence-corrected chi connectivity index (χ3v) is 2.97. The molecule has 1 saturated carbocycles. The average Bonchev–Trinajstić information content (AvgIpc) is 2.62. The zero-order chi connectivity index (χ0) is 9.19. The van der Waals surface area contributed by atoms with Crippen molar-refractivity contribution in [1.82, 2.24) is 0 Å². The van der Waals surface area contributed by atoms with E-state index >= 15 is 0 Å². The lowest BCUT2D eigenvalue weighted by atomic mass is 10.1. The highest BCUT2D eigenvalue weighted by atomic mass is 35.5. The summed E-state index contributed by atoms with van der Waals surface area (Å²) in [5.74, 6) is -0.129. The van der Waals surface area contributed by atoms with E-state index in [2.05, 4.69) is 6.92 Å². The summed E-state index contributed by atoms with van der Waals surface area (Å²) < 4.78 is 5.06. The van der Waals surface area contributed by atoms with Gasteiger partial charge in [-0.15, -0.1) is 11.6 Å². The van der Waals surface area contributed by atoms with Crippen LogP contribution >= 0.6 is 11.6 Å². The van der Waals surface area contributed by atoms with Gasteiger partial charge in [0, 0.05) is 0 Å². The highest BCUT2D eigenvalue weighted by Gasteiger charge is 2.56. The first kappa shape index (κ1) is 9.85. The molecule has 0 bridgehead atoms. The van der Waals surface area contributed by atoms with Crippen LogP contribution in [0.5, 0.6) is 0 Å². The summed E-state index contributed by atoms with van der Waals surface area (Å²) in [5.41, 5.74) is -0.380. The summed E-state index contributed by atoms with van der Waals surface area (Å²) in [6.45, 7) is 4.46. The van der Waals surface area contributed by atoms with Crippen LogP contribution in [0.3, 0.4) is 0 Å². The normalized spacial score (nSPS) is 33.1. The van der Waals surface area contributed by atoms with Gasteiger partial charge in [-0.3, -0.25) is 4.79 Å². The van der Waals surface area contributed by atoms with Gasteiger partial charge in [-0.2, -0.15) is 0 Å². The average molecular weight is 191 g/mol. The Hall–Kier alpha value is -0.240. The first-order chi connectivity index (χ1) is 5.61. The second-order valence-corrected chi connectivity index (χ2v) is 4.11. The fourth-order valence-electron chi connectivity index (χ4n) is 0.999. The smallest absolute Gasteiger partial charge is 0.313 e. The molecule has 0 N–H and O–H groups in total. The van der Waals surface area contributed by atoms with E-state index in [0.717, 1.165) is 19.3 Å². The van der Waals surface area contributed by atoms with Crippen molar-refractivity contribution < 1.29 is 9.53 Å². The third kappa shape index (κ3) is 1.92. The molecule has 0 aromatic carbocycles. The standard InChI is InChI=1S/C9H15ClO2/c1-3-4-5-12-8(11)9(2)6-7(9)10/h7H,3-6H2,1-2H3. The van der Waals surface area contributed by atoms with Gasteiger partial charge < -0.3 is 4.74 Å². The highest BCUT2D eigenvalue weighted by Crippen LogP contribution is 2.50. The van der Waals surface area contributed by atoms with Crippen LogP contribution < -0.4 is 0 Å². The Labute approximate surface area is 78.2 Å². The number of rotatable bonds is 4. The summed E-state index contributed by atoms with van der Waals surface area (Å²) in [6.07, 6.45) is 2.75. The molecule has 0 heterocycles. The fraction of sp³-hybridized carbons (Fsp3) is 0.889. The van der Waals surface area contributed by atoms with Crippen molar-refractivity contribution in [2.24, 2.45) is 5.41 Å².